The van der Waals surface area contributed by atoms with Crippen molar-refractivity contribution in [2.45, 2.75) is 26.3 Å². The molecule has 0 heterocycles. The van der Waals surface area contributed by atoms with Gasteiger partial charge in [0.05, 0.1) is 29.4 Å². The highest BCUT2D eigenvalue weighted by atomic mass is 35.5. The zero-order valence-electron chi connectivity index (χ0n) is 11.8. The predicted octanol–water partition coefficient (Wildman–Crippen LogP) is 2.44. The molecule has 3 N–H and O–H groups in total. The number of halogens is 1. The summed E-state index contributed by atoms with van der Waals surface area (Å²) < 4.78 is 4.62. The molecule has 0 aromatic heterocycles. The van der Waals surface area contributed by atoms with Crippen molar-refractivity contribution in [2.75, 3.05) is 12.4 Å². The minimum Gasteiger partial charge on any atom is -0.465 e. The van der Waals surface area contributed by atoms with E-state index in [1.807, 2.05) is 13.8 Å². The molecule has 0 aliphatic heterocycles. The maximum Gasteiger partial charge on any atom is 0.337 e. The fourth-order valence-corrected chi connectivity index (χ4v) is 1.76. The number of carbonyl (C=O) groups is 2. The van der Waals surface area contributed by atoms with E-state index in [1.54, 1.807) is 0 Å². The SMILES string of the molecule is CCC(C)C(N)C(=O)Nc1cc(C(=O)OC)ccc1Cl. The Labute approximate surface area is 123 Å². The summed E-state index contributed by atoms with van der Waals surface area (Å²) in [5.41, 5.74) is 6.50. The van der Waals surface area contributed by atoms with Crippen LogP contribution in [-0.2, 0) is 9.53 Å². The Morgan fingerprint density at radius 3 is 2.65 bits per heavy atom. The normalized spacial score (nSPS) is 13.4. The number of benzene rings is 1. The maximum atomic E-state index is 12.0. The molecule has 0 radical (unpaired) electrons. The van der Waals surface area contributed by atoms with E-state index >= 15 is 0 Å². The number of methoxy groups -OCH3 is 1. The molecule has 0 fully saturated rings. The molecule has 1 aromatic rings. The van der Waals surface area contributed by atoms with Crippen molar-refractivity contribution < 1.29 is 14.3 Å². The van der Waals surface area contributed by atoms with Crippen LogP contribution in [-0.4, -0.2) is 25.0 Å². The first-order valence-corrected chi connectivity index (χ1v) is 6.72. The summed E-state index contributed by atoms with van der Waals surface area (Å²) in [6.45, 7) is 3.86. The summed E-state index contributed by atoms with van der Waals surface area (Å²) in [7, 11) is 1.29. The Kier molecular flexibility index (Phi) is 5.98. The lowest BCUT2D eigenvalue weighted by Gasteiger charge is -2.18. The summed E-state index contributed by atoms with van der Waals surface area (Å²) in [5.74, 6) is -0.774. The molecule has 20 heavy (non-hydrogen) atoms. The van der Waals surface area contributed by atoms with Gasteiger partial charge in [0.25, 0.3) is 0 Å². The Morgan fingerprint density at radius 2 is 2.10 bits per heavy atom. The lowest BCUT2D eigenvalue weighted by Crippen LogP contribution is -2.40. The largest absolute Gasteiger partial charge is 0.465 e. The third-order valence-corrected chi connectivity index (χ3v) is 3.53. The molecular formula is C14H19ClN2O3. The molecular weight excluding hydrogens is 280 g/mol. The molecule has 6 heteroatoms. The van der Waals surface area contributed by atoms with E-state index in [1.165, 1.54) is 25.3 Å². The van der Waals surface area contributed by atoms with Gasteiger partial charge < -0.3 is 15.8 Å². The van der Waals surface area contributed by atoms with Crippen molar-refractivity contribution in [1.29, 1.82) is 0 Å². The van der Waals surface area contributed by atoms with Gasteiger partial charge in [0, 0.05) is 0 Å². The quantitative estimate of drug-likeness (QED) is 0.818. The molecule has 0 saturated heterocycles. The highest BCUT2D eigenvalue weighted by Crippen LogP contribution is 2.24. The number of anilines is 1. The molecule has 0 aliphatic rings. The van der Waals surface area contributed by atoms with Crippen LogP contribution in [0.2, 0.25) is 5.02 Å². The van der Waals surface area contributed by atoms with Gasteiger partial charge in [-0.1, -0.05) is 31.9 Å². The van der Waals surface area contributed by atoms with Crippen LogP contribution in [0.4, 0.5) is 5.69 Å². The van der Waals surface area contributed by atoms with Crippen LogP contribution in [0.3, 0.4) is 0 Å². The maximum absolute atomic E-state index is 12.0. The fraction of sp³-hybridized carbons (Fsp3) is 0.429. The van der Waals surface area contributed by atoms with Gasteiger partial charge in [-0.2, -0.15) is 0 Å². The van der Waals surface area contributed by atoms with Gasteiger partial charge in [-0.3, -0.25) is 4.79 Å². The summed E-state index contributed by atoms with van der Waals surface area (Å²) in [5, 5.41) is 2.98. The molecule has 0 bridgehead atoms. The Bertz CT molecular complexity index is 505. The van der Waals surface area contributed by atoms with Crippen molar-refractivity contribution in [3.8, 4) is 0 Å². The van der Waals surface area contributed by atoms with Crippen LogP contribution in [0.25, 0.3) is 0 Å². The predicted molar refractivity (Wildman–Crippen MR) is 78.9 cm³/mol. The average molecular weight is 299 g/mol. The first kappa shape index (κ1) is 16.5. The minimum absolute atomic E-state index is 0.0533. The van der Waals surface area contributed by atoms with Crippen molar-refractivity contribution in [3.63, 3.8) is 0 Å². The molecule has 0 aliphatic carbocycles. The van der Waals surface area contributed by atoms with Crippen LogP contribution in [0, 0.1) is 5.92 Å². The number of hydrogen-bond donors (Lipinski definition) is 2. The zero-order valence-corrected chi connectivity index (χ0v) is 12.5. The van der Waals surface area contributed by atoms with Crippen molar-refractivity contribution in [3.05, 3.63) is 28.8 Å². The Hall–Kier alpha value is -1.59. The standard InChI is InChI=1S/C14H19ClN2O3/c1-4-8(2)12(16)13(18)17-11-7-9(14(19)20-3)5-6-10(11)15/h5-8,12H,4,16H2,1-3H3,(H,17,18). The first-order chi connectivity index (χ1) is 9.40. The van der Waals surface area contributed by atoms with Gasteiger partial charge in [-0.15, -0.1) is 0 Å². The summed E-state index contributed by atoms with van der Waals surface area (Å²) >= 11 is 6.00. The number of amides is 1. The smallest absolute Gasteiger partial charge is 0.337 e. The van der Waals surface area contributed by atoms with Crippen LogP contribution >= 0.6 is 11.6 Å². The summed E-state index contributed by atoms with van der Waals surface area (Å²) in [6, 6.07) is 3.89. The fourth-order valence-electron chi connectivity index (χ4n) is 1.59. The van der Waals surface area contributed by atoms with E-state index in [0.717, 1.165) is 6.42 Å². The highest BCUT2D eigenvalue weighted by Gasteiger charge is 2.20. The van der Waals surface area contributed by atoms with E-state index in [-0.39, 0.29) is 11.8 Å². The van der Waals surface area contributed by atoms with Crippen LogP contribution < -0.4 is 11.1 Å². The minimum atomic E-state index is -0.627. The third kappa shape index (κ3) is 3.95. The van der Waals surface area contributed by atoms with E-state index < -0.39 is 12.0 Å². The average Bonchev–Trinajstić information content (AvgIpc) is 2.46. The highest BCUT2D eigenvalue weighted by molar-refractivity contribution is 6.34. The zero-order chi connectivity index (χ0) is 15.3. The molecule has 110 valence electrons. The second-order valence-corrected chi connectivity index (χ2v) is 4.99. The van der Waals surface area contributed by atoms with Gasteiger partial charge in [-0.25, -0.2) is 4.79 Å². The van der Waals surface area contributed by atoms with E-state index in [9.17, 15) is 9.59 Å². The van der Waals surface area contributed by atoms with Crippen molar-refractivity contribution >= 4 is 29.2 Å². The van der Waals surface area contributed by atoms with Crippen LogP contribution in [0.1, 0.15) is 30.6 Å². The van der Waals surface area contributed by atoms with E-state index in [4.69, 9.17) is 17.3 Å². The van der Waals surface area contributed by atoms with Gasteiger partial charge in [0.1, 0.15) is 0 Å². The number of esters is 1. The molecule has 1 aromatic carbocycles. The molecule has 0 spiro atoms. The molecule has 2 unspecified atom stereocenters. The summed E-state index contributed by atoms with van der Waals surface area (Å²) in [4.78, 5) is 23.5. The lowest BCUT2D eigenvalue weighted by atomic mass is 9.99. The van der Waals surface area contributed by atoms with Crippen molar-refractivity contribution in [2.24, 2.45) is 11.7 Å². The van der Waals surface area contributed by atoms with Crippen LogP contribution in [0.15, 0.2) is 18.2 Å². The second kappa shape index (κ2) is 7.26. The van der Waals surface area contributed by atoms with Crippen molar-refractivity contribution in [1.82, 2.24) is 0 Å². The third-order valence-electron chi connectivity index (χ3n) is 3.21. The van der Waals surface area contributed by atoms with E-state index in [0.29, 0.717) is 16.3 Å². The number of nitrogens with two attached hydrogens (primary N) is 1. The number of hydrogen-bond acceptors (Lipinski definition) is 4. The molecule has 5 nitrogen and oxygen atoms in total. The molecule has 0 saturated carbocycles. The lowest BCUT2D eigenvalue weighted by molar-refractivity contribution is -0.118. The topological polar surface area (TPSA) is 81.4 Å². The van der Waals surface area contributed by atoms with Gasteiger partial charge in [0.2, 0.25) is 5.91 Å². The Morgan fingerprint density at radius 1 is 1.45 bits per heavy atom. The van der Waals surface area contributed by atoms with Gasteiger partial charge >= 0.3 is 5.97 Å². The number of nitrogens with one attached hydrogen (secondary N) is 1. The van der Waals surface area contributed by atoms with Gasteiger partial charge in [-0.05, 0) is 24.1 Å². The number of carbonyl (C=O) groups excluding carboxylic acids is 2. The number of ether oxygens (including phenoxy) is 1. The monoisotopic (exact) mass is 298 g/mol. The molecule has 1 amide bonds. The summed E-state index contributed by atoms with van der Waals surface area (Å²) in [6.07, 6.45) is 0.796. The number of rotatable bonds is 5. The molecule has 2 atom stereocenters. The first-order valence-electron chi connectivity index (χ1n) is 6.35. The second-order valence-electron chi connectivity index (χ2n) is 4.59. The van der Waals surface area contributed by atoms with Crippen LogP contribution in [0.5, 0.6) is 0 Å². The molecule has 1 rings (SSSR count). The Balaban J connectivity index is 2.91. The van der Waals surface area contributed by atoms with Gasteiger partial charge in [0.15, 0.2) is 0 Å². The van der Waals surface area contributed by atoms with E-state index in [2.05, 4.69) is 10.1 Å².